The van der Waals surface area contributed by atoms with Crippen LogP contribution in [0.3, 0.4) is 0 Å². The third kappa shape index (κ3) is 2.83. The molecule has 1 heterocycles. The number of nitrogen functional groups attached to an aromatic ring is 1. The van der Waals surface area contributed by atoms with Crippen LogP contribution in [0.1, 0.15) is 15.9 Å². The summed E-state index contributed by atoms with van der Waals surface area (Å²) in [6, 6.07) is 7.05. The lowest BCUT2D eigenvalue weighted by Gasteiger charge is -2.12. The van der Waals surface area contributed by atoms with E-state index in [4.69, 9.17) is 17.3 Å². The highest BCUT2D eigenvalue weighted by atomic mass is 35.5. The maximum absolute atomic E-state index is 11.6. The molecule has 104 valence electrons. The normalized spacial score (nSPS) is 10.2. The van der Waals surface area contributed by atoms with Crippen LogP contribution in [0.2, 0.25) is 5.02 Å². The minimum Gasteiger partial charge on any atom is -0.465 e. The number of nitrogens with two attached hydrogens (primary N) is 1. The van der Waals surface area contributed by atoms with E-state index in [-0.39, 0.29) is 11.3 Å². The van der Waals surface area contributed by atoms with E-state index < -0.39 is 5.97 Å². The number of hydrogen-bond acceptors (Lipinski definition) is 5. The maximum atomic E-state index is 11.6. The van der Waals surface area contributed by atoms with Gasteiger partial charge >= 0.3 is 5.97 Å². The molecule has 2 rings (SSSR count). The summed E-state index contributed by atoms with van der Waals surface area (Å²) in [7, 11) is 1.30. The van der Waals surface area contributed by atoms with Gasteiger partial charge in [0.1, 0.15) is 0 Å². The molecule has 0 bridgehead atoms. The highest BCUT2D eigenvalue weighted by Crippen LogP contribution is 2.29. The summed E-state index contributed by atoms with van der Waals surface area (Å²) in [6.45, 7) is 1.95. The Kier molecular flexibility index (Phi) is 4.10. The van der Waals surface area contributed by atoms with Crippen LogP contribution in [0, 0.1) is 6.92 Å². The van der Waals surface area contributed by atoms with Crippen molar-refractivity contribution in [1.82, 2.24) is 4.98 Å². The van der Waals surface area contributed by atoms with Gasteiger partial charge in [0.25, 0.3) is 0 Å². The average Bonchev–Trinajstić information content (AvgIpc) is 2.44. The molecule has 0 amide bonds. The SMILES string of the molecule is COC(=O)c1ccnc(Nc2cc(C)ccc2Cl)c1N. The summed E-state index contributed by atoms with van der Waals surface area (Å²) in [6.07, 6.45) is 1.48. The Morgan fingerprint density at radius 1 is 1.40 bits per heavy atom. The van der Waals surface area contributed by atoms with Crippen molar-refractivity contribution in [3.05, 3.63) is 46.6 Å². The van der Waals surface area contributed by atoms with Crippen LogP contribution in [0.15, 0.2) is 30.5 Å². The highest BCUT2D eigenvalue weighted by Gasteiger charge is 2.14. The summed E-state index contributed by atoms with van der Waals surface area (Å²) in [4.78, 5) is 15.7. The van der Waals surface area contributed by atoms with Crippen molar-refractivity contribution in [3.63, 3.8) is 0 Å². The Hall–Kier alpha value is -2.27. The van der Waals surface area contributed by atoms with Crippen LogP contribution >= 0.6 is 11.6 Å². The third-order valence-electron chi connectivity index (χ3n) is 2.77. The molecule has 1 aromatic carbocycles. The summed E-state index contributed by atoms with van der Waals surface area (Å²) < 4.78 is 4.66. The molecule has 0 unspecified atom stereocenters. The Morgan fingerprint density at radius 3 is 2.85 bits per heavy atom. The van der Waals surface area contributed by atoms with Crippen LogP contribution in [0.5, 0.6) is 0 Å². The maximum Gasteiger partial charge on any atom is 0.340 e. The van der Waals surface area contributed by atoms with Gasteiger partial charge in [-0.15, -0.1) is 0 Å². The lowest BCUT2D eigenvalue weighted by atomic mass is 10.2. The number of aromatic nitrogens is 1. The summed E-state index contributed by atoms with van der Waals surface area (Å²) in [5, 5.41) is 3.57. The number of benzene rings is 1. The fraction of sp³-hybridized carbons (Fsp3) is 0.143. The Bertz CT molecular complexity index is 659. The van der Waals surface area contributed by atoms with E-state index in [2.05, 4.69) is 15.0 Å². The van der Waals surface area contributed by atoms with E-state index in [1.165, 1.54) is 19.4 Å². The lowest BCUT2D eigenvalue weighted by molar-refractivity contribution is 0.0602. The van der Waals surface area contributed by atoms with Gasteiger partial charge in [-0.2, -0.15) is 0 Å². The zero-order valence-corrected chi connectivity index (χ0v) is 11.9. The zero-order valence-electron chi connectivity index (χ0n) is 11.1. The van der Waals surface area contributed by atoms with Gasteiger partial charge in [0.2, 0.25) is 0 Å². The predicted molar refractivity (Wildman–Crippen MR) is 79.5 cm³/mol. The number of pyridine rings is 1. The molecule has 0 fully saturated rings. The molecule has 5 nitrogen and oxygen atoms in total. The van der Waals surface area contributed by atoms with Gasteiger partial charge in [-0.05, 0) is 30.7 Å². The molecule has 0 radical (unpaired) electrons. The molecule has 2 aromatic rings. The second kappa shape index (κ2) is 5.79. The molecule has 0 aliphatic carbocycles. The molecular formula is C14H14ClN3O2. The first-order chi connectivity index (χ1) is 9.52. The molecule has 0 aliphatic heterocycles. The number of rotatable bonds is 3. The first-order valence-electron chi connectivity index (χ1n) is 5.89. The number of ether oxygens (including phenoxy) is 1. The molecule has 20 heavy (non-hydrogen) atoms. The number of nitrogens with one attached hydrogen (secondary N) is 1. The van der Waals surface area contributed by atoms with Crippen molar-refractivity contribution in [2.24, 2.45) is 0 Å². The number of aryl methyl sites for hydroxylation is 1. The molecule has 6 heteroatoms. The molecule has 0 saturated heterocycles. The van der Waals surface area contributed by atoms with Gasteiger partial charge in [-0.1, -0.05) is 17.7 Å². The zero-order chi connectivity index (χ0) is 14.7. The van der Waals surface area contributed by atoms with E-state index in [1.807, 2.05) is 19.1 Å². The van der Waals surface area contributed by atoms with Crippen LogP contribution < -0.4 is 11.1 Å². The quantitative estimate of drug-likeness (QED) is 0.850. The molecule has 0 aliphatic rings. The molecule has 0 spiro atoms. The van der Waals surface area contributed by atoms with Crippen molar-refractivity contribution < 1.29 is 9.53 Å². The number of carbonyl (C=O) groups excluding carboxylic acids is 1. The summed E-state index contributed by atoms with van der Waals surface area (Å²) >= 11 is 6.11. The van der Waals surface area contributed by atoms with E-state index in [1.54, 1.807) is 6.07 Å². The fourth-order valence-corrected chi connectivity index (χ4v) is 1.89. The Morgan fingerprint density at radius 2 is 2.15 bits per heavy atom. The summed E-state index contributed by atoms with van der Waals surface area (Å²) in [5.74, 6) is -0.149. The average molecular weight is 292 g/mol. The van der Waals surface area contributed by atoms with E-state index in [0.717, 1.165) is 5.56 Å². The number of methoxy groups -OCH3 is 1. The van der Waals surface area contributed by atoms with Crippen molar-refractivity contribution in [2.75, 3.05) is 18.2 Å². The van der Waals surface area contributed by atoms with Crippen molar-refractivity contribution in [1.29, 1.82) is 0 Å². The van der Waals surface area contributed by atoms with Gasteiger partial charge in [0.15, 0.2) is 5.82 Å². The minimum atomic E-state index is -0.511. The largest absolute Gasteiger partial charge is 0.465 e. The van der Waals surface area contributed by atoms with Crippen LogP contribution in [0.25, 0.3) is 0 Å². The molecule has 0 saturated carbocycles. The standard InChI is InChI=1S/C14H14ClN3O2/c1-8-3-4-10(15)11(7-8)18-13-12(16)9(5-6-17-13)14(19)20-2/h3-7H,16H2,1-2H3,(H,17,18). The summed E-state index contributed by atoms with van der Waals surface area (Å²) in [5.41, 5.74) is 8.12. The second-order valence-electron chi connectivity index (χ2n) is 4.22. The first kappa shape index (κ1) is 14.1. The Labute approximate surface area is 121 Å². The van der Waals surface area contributed by atoms with Crippen LogP contribution in [0.4, 0.5) is 17.2 Å². The number of anilines is 3. The molecule has 0 atom stereocenters. The topological polar surface area (TPSA) is 77.2 Å². The van der Waals surface area contributed by atoms with Crippen molar-refractivity contribution >= 4 is 34.8 Å². The van der Waals surface area contributed by atoms with Crippen LogP contribution in [-0.4, -0.2) is 18.1 Å². The van der Waals surface area contributed by atoms with Crippen molar-refractivity contribution in [3.8, 4) is 0 Å². The number of esters is 1. The van der Waals surface area contributed by atoms with Gasteiger partial charge in [-0.3, -0.25) is 0 Å². The van der Waals surface area contributed by atoms with Crippen LogP contribution in [-0.2, 0) is 4.74 Å². The number of halogens is 1. The monoisotopic (exact) mass is 291 g/mol. The van der Waals surface area contributed by atoms with E-state index in [9.17, 15) is 4.79 Å². The number of carbonyl (C=O) groups is 1. The van der Waals surface area contributed by atoms with E-state index in [0.29, 0.717) is 16.5 Å². The molecule has 1 aromatic heterocycles. The number of hydrogen-bond donors (Lipinski definition) is 2. The first-order valence-corrected chi connectivity index (χ1v) is 6.26. The predicted octanol–water partition coefficient (Wildman–Crippen LogP) is 3.16. The van der Waals surface area contributed by atoms with Crippen molar-refractivity contribution in [2.45, 2.75) is 6.92 Å². The molecule has 3 N–H and O–H groups in total. The number of nitrogens with zero attached hydrogens (tertiary/aromatic N) is 1. The van der Waals surface area contributed by atoms with Gasteiger partial charge in [0, 0.05) is 6.20 Å². The Balaban J connectivity index is 2.39. The minimum absolute atomic E-state index is 0.219. The van der Waals surface area contributed by atoms with Gasteiger partial charge in [-0.25, -0.2) is 9.78 Å². The van der Waals surface area contributed by atoms with Gasteiger partial charge in [0.05, 0.1) is 29.1 Å². The van der Waals surface area contributed by atoms with E-state index >= 15 is 0 Å². The smallest absolute Gasteiger partial charge is 0.340 e. The second-order valence-corrected chi connectivity index (χ2v) is 4.63. The fourth-order valence-electron chi connectivity index (χ4n) is 1.72. The molecular weight excluding hydrogens is 278 g/mol. The highest BCUT2D eigenvalue weighted by molar-refractivity contribution is 6.33. The van der Waals surface area contributed by atoms with Gasteiger partial charge < -0.3 is 15.8 Å². The third-order valence-corrected chi connectivity index (χ3v) is 3.10. The lowest BCUT2D eigenvalue weighted by Crippen LogP contribution is -2.09.